The van der Waals surface area contributed by atoms with E-state index in [0.717, 1.165) is 50.7 Å². The van der Waals surface area contributed by atoms with Gasteiger partial charge in [-0.05, 0) is 71.8 Å². The summed E-state index contributed by atoms with van der Waals surface area (Å²) in [6, 6.07) is 15.0. The highest BCUT2D eigenvalue weighted by Crippen LogP contribution is 2.39. The van der Waals surface area contributed by atoms with Crippen molar-refractivity contribution >= 4 is 17.0 Å². The summed E-state index contributed by atoms with van der Waals surface area (Å²) < 4.78 is 45.3. The van der Waals surface area contributed by atoms with Gasteiger partial charge in [0, 0.05) is 28.4 Å². The van der Waals surface area contributed by atoms with E-state index in [1.54, 1.807) is 11.3 Å². The summed E-state index contributed by atoms with van der Waals surface area (Å²) in [4.78, 5) is 2.07. The minimum atomic E-state index is -4.36. The molecule has 3 aromatic rings. The van der Waals surface area contributed by atoms with Crippen molar-refractivity contribution < 1.29 is 23.0 Å². The Morgan fingerprint density at radius 1 is 1.03 bits per heavy atom. The quantitative estimate of drug-likeness (QED) is 0.257. The summed E-state index contributed by atoms with van der Waals surface area (Å²) in [5, 5.41) is 12.5. The maximum absolute atomic E-state index is 12.9. The van der Waals surface area contributed by atoms with Crippen LogP contribution in [0.3, 0.4) is 0 Å². The summed E-state index contributed by atoms with van der Waals surface area (Å²) >= 11 is 1.61. The lowest BCUT2D eigenvalue weighted by atomic mass is 9.88. The maximum atomic E-state index is 12.9. The Morgan fingerprint density at radius 3 is 2.27 bits per heavy atom. The molecule has 1 unspecified atom stereocenters. The SMILES string of the molecule is C=C(O)CCNC(=C)c1ccc(C(CC(C)(C)C)Oc2ccc(-c3ccc(C(F)(F)F)cc3)c(C)c2)s1. The number of aryl methyl sites for hydroxylation is 1. The highest BCUT2D eigenvalue weighted by molar-refractivity contribution is 7.13. The van der Waals surface area contributed by atoms with E-state index in [1.165, 1.54) is 12.1 Å². The standard InChI is InChI=1S/C30H34F3NO2S/c1-19-17-24(11-12-25(19)22-7-9-23(10-8-22)30(31,32)33)36-26(18-29(4,5)6)28-14-13-27(37-28)21(3)34-16-15-20(2)35/h7-14,17,26,34-35H,2-3,15-16,18H2,1,4-6H3. The Hall–Kier alpha value is -3.19. The van der Waals surface area contributed by atoms with Crippen LogP contribution in [0.4, 0.5) is 13.2 Å². The Bertz CT molecular complexity index is 1240. The number of halogens is 3. The molecule has 2 aromatic carbocycles. The Labute approximate surface area is 221 Å². The molecule has 7 heteroatoms. The second-order valence-electron chi connectivity index (χ2n) is 10.3. The van der Waals surface area contributed by atoms with Gasteiger partial charge in [0.2, 0.25) is 0 Å². The third kappa shape index (κ3) is 8.15. The second kappa shape index (κ2) is 11.5. The molecular weight excluding hydrogens is 495 g/mol. The van der Waals surface area contributed by atoms with E-state index in [2.05, 4.69) is 45.3 Å². The van der Waals surface area contributed by atoms with Crippen molar-refractivity contribution in [2.45, 2.75) is 52.8 Å². The number of alkyl halides is 3. The van der Waals surface area contributed by atoms with E-state index in [1.807, 2.05) is 31.2 Å². The molecule has 0 fully saturated rings. The molecule has 37 heavy (non-hydrogen) atoms. The van der Waals surface area contributed by atoms with Crippen LogP contribution in [-0.2, 0) is 6.18 Å². The van der Waals surface area contributed by atoms with E-state index < -0.39 is 11.7 Å². The van der Waals surface area contributed by atoms with Crippen LogP contribution >= 0.6 is 11.3 Å². The summed E-state index contributed by atoms with van der Waals surface area (Å²) in [5.41, 5.74) is 2.64. The lowest BCUT2D eigenvalue weighted by Gasteiger charge is -2.26. The average molecular weight is 530 g/mol. The maximum Gasteiger partial charge on any atom is 0.416 e. The zero-order valence-corrected chi connectivity index (χ0v) is 22.5. The molecule has 1 aromatic heterocycles. The number of hydrogen-bond acceptors (Lipinski definition) is 4. The molecule has 198 valence electrons. The van der Waals surface area contributed by atoms with Gasteiger partial charge in [0.1, 0.15) is 11.9 Å². The Kier molecular flexibility index (Phi) is 8.80. The lowest BCUT2D eigenvalue weighted by molar-refractivity contribution is -0.137. The lowest BCUT2D eigenvalue weighted by Crippen LogP contribution is -2.16. The number of nitrogens with one attached hydrogen (secondary N) is 1. The fourth-order valence-corrected chi connectivity index (χ4v) is 4.91. The molecule has 0 aliphatic carbocycles. The van der Waals surface area contributed by atoms with Gasteiger partial charge in [-0.1, -0.05) is 52.1 Å². The minimum absolute atomic E-state index is 0.0147. The highest BCUT2D eigenvalue weighted by Gasteiger charge is 2.30. The van der Waals surface area contributed by atoms with Gasteiger partial charge in [-0.3, -0.25) is 0 Å². The fraction of sp³-hybridized carbons (Fsp3) is 0.333. The third-order valence-corrected chi connectivity index (χ3v) is 7.03. The van der Waals surface area contributed by atoms with Crippen LogP contribution in [0, 0.1) is 12.3 Å². The van der Waals surface area contributed by atoms with Crippen molar-refractivity contribution in [2.75, 3.05) is 6.54 Å². The normalized spacial score (nSPS) is 12.7. The molecule has 0 bridgehead atoms. The van der Waals surface area contributed by atoms with Crippen LogP contribution < -0.4 is 10.1 Å². The number of benzene rings is 2. The molecule has 2 N–H and O–H groups in total. The molecule has 3 nitrogen and oxygen atoms in total. The van der Waals surface area contributed by atoms with Crippen LogP contribution in [0.15, 0.2) is 73.5 Å². The predicted octanol–water partition coefficient (Wildman–Crippen LogP) is 9.32. The molecule has 0 spiro atoms. The molecule has 0 amide bonds. The average Bonchev–Trinajstić information content (AvgIpc) is 3.28. The van der Waals surface area contributed by atoms with Crippen molar-refractivity contribution in [2.24, 2.45) is 5.41 Å². The fourth-order valence-electron chi connectivity index (χ4n) is 3.93. The molecule has 0 saturated carbocycles. The first kappa shape index (κ1) is 28.4. The van der Waals surface area contributed by atoms with Crippen LogP contribution in [0.5, 0.6) is 5.75 Å². The van der Waals surface area contributed by atoms with Gasteiger partial charge in [0.05, 0.1) is 11.3 Å². The smallest absolute Gasteiger partial charge is 0.416 e. The molecule has 1 atom stereocenters. The number of ether oxygens (including phenoxy) is 1. The first-order chi connectivity index (χ1) is 17.2. The minimum Gasteiger partial charge on any atom is -0.513 e. The zero-order valence-electron chi connectivity index (χ0n) is 21.7. The molecule has 0 radical (unpaired) electrons. The molecule has 0 saturated heterocycles. The van der Waals surface area contributed by atoms with Gasteiger partial charge in [-0.15, -0.1) is 11.3 Å². The number of hydrogen-bond donors (Lipinski definition) is 2. The Balaban J connectivity index is 1.79. The van der Waals surface area contributed by atoms with E-state index in [9.17, 15) is 18.3 Å². The van der Waals surface area contributed by atoms with E-state index in [4.69, 9.17) is 4.74 Å². The summed E-state index contributed by atoms with van der Waals surface area (Å²) in [7, 11) is 0. The van der Waals surface area contributed by atoms with Gasteiger partial charge in [-0.2, -0.15) is 13.2 Å². The van der Waals surface area contributed by atoms with Gasteiger partial charge in [0.15, 0.2) is 0 Å². The molecule has 1 heterocycles. The first-order valence-corrected chi connectivity index (χ1v) is 12.9. The highest BCUT2D eigenvalue weighted by atomic mass is 32.1. The summed E-state index contributed by atoms with van der Waals surface area (Å²) in [6.07, 6.45) is -3.29. The van der Waals surface area contributed by atoms with Crippen LogP contribution in [-0.4, -0.2) is 11.7 Å². The van der Waals surface area contributed by atoms with Crippen molar-refractivity contribution in [3.63, 3.8) is 0 Å². The number of rotatable bonds is 10. The van der Waals surface area contributed by atoms with Gasteiger partial charge >= 0.3 is 6.18 Å². The van der Waals surface area contributed by atoms with E-state index >= 15 is 0 Å². The zero-order chi connectivity index (χ0) is 27.4. The molecular formula is C30H34F3NO2S. The van der Waals surface area contributed by atoms with Crippen LogP contribution in [0.1, 0.15) is 60.6 Å². The molecule has 0 aliphatic rings. The summed E-state index contributed by atoms with van der Waals surface area (Å²) in [5.74, 6) is 0.834. The summed E-state index contributed by atoms with van der Waals surface area (Å²) in [6.45, 7) is 16.6. The largest absolute Gasteiger partial charge is 0.513 e. The second-order valence-corrected chi connectivity index (χ2v) is 11.5. The van der Waals surface area contributed by atoms with Crippen molar-refractivity contribution in [3.05, 3.63) is 94.4 Å². The number of aliphatic hydroxyl groups excluding tert-OH is 1. The van der Waals surface area contributed by atoms with Gasteiger partial charge < -0.3 is 15.2 Å². The number of aliphatic hydroxyl groups is 1. The monoisotopic (exact) mass is 529 g/mol. The van der Waals surface area contributed by atoms with Crippen molar-refractivity contribution in [1.29, 1.82) is 0 Å². The van der Waals surface area contributed by atoms with Crippen LogP contribution in [0.2, 0.25) is 0 Å². The van der Waals surface area contributed by atoms with Crippen molar-refractivity contribution in [1.82, 2.24) is 5.32 Å². The molecule has 0 aliphatic heterocycles. The van der Waals surface area contributed by atoms with Crippen LogP contribution in [0.25, 0.3) is 16.8 Å². The van der Waals surface area contributed by atoms with Gasteiger partial charge in [-0.25, -0.2) is 0 Å². The first-order valence-electron chi connectivity index (χ1n) is 12.1. The predicted molar refractivity (Wildman–Crippen MR) is 147 cm³/mol. The number of thiophene rings is 1. The topological polar surface area (TPSA) is 41.5 Å². The van der Waals surface area contributed by atoms with E-state index in [-0.39, 0.29) is 17.3 Å². The Morgan fingerprint density at radius 2 is 1.70 bits per heavy atom. The molecule has 3 rings (SSSR count). The third-order valence-electron chi connectivity index (χ3n) is 5.79. The van der Waals surface area contributed by atoms with Crippen molar-refractivity contribution in [3.8, 4) is 16.9 Å². The van der Waals surface area contributed by atoms with Gasteiger partial charge in [0.25, 0.3) is 0 Å². The van der Waals surface area contributed by atoms with E-state index in [0.29, 0.717) is 18.7 Å².